The van der Waals surface area contributed by atoms with Crippen LogP contribution >= 0.6 is 11.3 Å². The largest absolute Gasteiger partial charge is 0.253 e. The summed E-state index contributed by atoms with van der Waals surface area (Å²) in [4.78, 5) is 0. The monoisotopic (exact) mass is 288 g/mol. The first-order valence-electron chi connectivity index (χ1n) is 5.85. The summed E-state index contributed by atoms with van der Waals surface area (Å²) in [5.41, 5.74) is 1.85. The van der Waals surface area contributed by atoms with Gasteiger partial charge in [0.05, 0.1) is 32.1 Å². The van der Waals surface area contributed by atoms with E-state index < -0.39 is 10.8 Å². The molecule has 1 unspecified atom stereocenters. The van der Waals surface area contributed by atoms with Gasteiger partial charge in [-0.05, 0) is 29.6 Å². The smallest absolute Gasteiger partial charge is 0.0914 e. The van der Waals surface area contributed by atoms with E-state index in [4.69, 9.17) is 0 Å². The van der Waals surface area contributed by atoms with Crippen LogP contribution in [0.4, 0.5) is 0 Å². The number of hydrogen-bond acceptors (Lipinski definition) is 3. The first-order chi connectivity index (χ1) is 9.33. The minimum Gasteiger partial charge on any atom is -0.253 e. The number of nitrogens with zero attached hydrogens (tertiary/aromatic N) is 2. The highest BCUT2D eigenvalue weighted by Crippen LogP contribution is 2.17. The zero-order chi connectivity index (χ0) is 13.1. The van der Waals surface area contributed by atoms with E-state index in [0.29, 0.717) is 5.75 Å². The molecule has 1 aromatic carbocycles. The van der Waals surface area contributed by atoms with Gasteiger partial charge in [0.2, 0.25) is 0 Å². The van der Waals surface area contributed by atoms with E-state index >= 15 is 0 Å². The van der Waals surface area contributed by atoms with E-state index in [1.54, 1.807) is 4.68 Å². The van der Waals surface area contributed by atoms with Gasteiger partial charge < -0.3 is 0 Å². The van der Waals surface area contributed by atoms with Gasteiger partial charge in [-0.15, -0.1) is 11.3 Å². The molecule has 0 aliphatic heterocycles. The zero-order valence-corrected chi connectivity index (χ0v) is 11.7. The van der Waals surface area contributed by atoms with Crippen molar-refractivity contribution in [1.29, 1.82) is 0 Å². The molecule has 2 aromatic heterocycles. The van der Waals surface area contributed by atoms with Crippen molar-refractivity contribution >= 4 is 22.1 Å². The lowest BCUT2D eigenvalue weighted by molar-refractivity contribution is 0.683. The standard InChI is InChI=1S/C14H12N2OS2/c17-19(14-7-4-10-18-14)11-12-8-9-16(15-12)13-5-2-1-3-6-13/h1-10H,11H2. The number of para-hydroxylation sites is 1. The van der Waals surface area contributed by atoms with E-state index in [-0.39, 0.29) is 0 Å². The molecule has 0 aliphatic carbocycles. The fourth-order valence-corrected chi connectivity index (χ4v) is 3.78. The van der Waals surface area contributed by atoms with Crippen LogP contribution in [-0.2, 0) is 16.6 Å². The average molecular weight is 288 g/mol. The lowest BCUT2D eigenvalue weighted by Gasteiger charge is -2.00. The van der Waals surface area contributed by atoms with Gasteiger partial charge in [0.25, 0.3) is 0 Å². The molecule has 0 aliphatic rings. The van der Waals surface area contributed by atoms with Crippen LogP contribution < -0.4 is 0 Å². The Morgan fingerprint density at radius 2 is 1.95 bits per heavy atom. The summed E-state index contributed by atoms with van der Waals surface area (Å²) in [5.74, 6) is 0.459. The van der Waals surface area contributed by atoms with E-state index in [1.165, 1.54) is 11.3 Å². The third-order valence-electron chi connectivity index (χ3n) is 2.66. The second kappa shape index (κ2) is 5.50. The Hall–Kier alpha value is -1.72. The van der Waals surface area contributed by atoms with Crippen LogP contribution in [0.5, 0.6) is 0 Å². The molecule has 3 aromatic rings. The third-order valence-corrected chi connectivity index (χ3v) is 5.31. The Labute approximate surface area is 118 Å². The molecule has 96 valence electrons. The molecule has 2 heterocycles. The van der Waals surface area contributed by atoms with Gasteiger partial charge in [-0.25, -0.2) is 4.68 Å². The number of hydrogen-bond donors (Lipinski definition) is 0. The molecule has 5 heteroatoms. The summed E-state index contributed by atoms with van der Waals surface area (Å²) >= 11 is 1.52. The molecular formula is C14H12N2OS2. The molecule has 0 saturated heterocycles. The SMILES string of the molecule is O=S(Cc1ccn(-c2ccccc2)n1)c1cccs1. The maximum atomic E-state index is 12.1. The zero-order valence-electron chi connectivity index (χ0n) is 10.1. The summed E-state index contributed by atoms with van der Waals surface area (Å²) in [6, 6.07) is 15.6. The molecule has 1 atom stereocenters. The highest BCUT2D eigenvalue weighted by Gasteiger charge is 2.08. The van der Waals surface area contributed by atoms with Gasteiger partial charge in [-0.1, -0.05) is 24.3 Å². The Kier molecular flexibility index (Phi) is 3.57. The van der Waals surface area contributed by atoms with Gasteiger partial charge in [-0.2, -0.15) is 5.10 Å². The maximum absolute atomic E-state index is 12.1. The van der Waals surface area contributed by atoms with Gasteiger partial charge in [0.1, 0.15) is 0 Å². The molecule has 0 saturated carbocycles. The van der Waals surface area contributed by atoms with Crippen molar-refractivity contribution in [2.45, 2.75) is 9.96 Å². The quantitative estimate of drug-likeness (QED) is 0.738. The van der Waals surface area contributed by atoms with Crippen molar-refractivity contribution in [3.8, 4) is 5.69 Å². The minimum atomic E-state index is -1.00. The van der Waals surface area contributed by atoms with Crippen LogP contribution in [0.25, 0.3) is 5.69 Å². The first kappa shape index (κ1) is 12.3. The molecule has 0 fully saturated rings. The lowest BCUT2D eigenvalue weighted by atomic mass is 10.3. The summed E-state index contributed by atoms with van der Waals surface area (Å²) in [7, 11) is -1.00. The molecule has 0 spiro atoms. The first-order valence-corrected chi connectivity index (χ1v) is 8.04. The number of rotatable bonds is 4. The van der Waals surface area contributed by atoms with Crippen LogP contribution in [0, 0.1) is 0 Å². The van der Waals surface area contributed by atoms with Gasteiger partial charge in [0.15, 0.2) is 0 Å². The summed E-state index contributed by atoms with van der Waals surface area (Å²) in [5, 5.41) is 6.40. The third kappa shape index (κ3) is 2.83. The van der Waals surface area contributed by atoms with E-state index in [2.05, 4.69) is 5.10 Å². The summed E-state index contributed by atoms with van der Waals surface area (Å²) < 4.78 is 14.8. The number of thiophene rings is 1. The van der Waals surface area contributed by atoms with Crippen LogP contribution in [0.2, 0.25) is 0 Å². The van der Waals surface area contributed by atoms with E-state index in [0.717, 1.165) is 15.6 Å². The van der Waals surface area contributed by atoms with E-state index in [1.807, 2.05) is 60.1 Å². The van der Waals surface area contributed by atoms with Crippen LogP contribution in [0.3, 0.4) is 0 Å². The fourth-order valence-electron chi connectivity index (χ4n) is 1.76. The van der Waals surface area contributed by atoms with Gasteiger partial charge >= 0.3 is 0 Å². The van der Waals surface area contributed by atoms with Crippen molar-refractivity contribution < 1.29 is 4.21 Å². The average Bonchev–Trinajstić information content (AvgIpc) is 3.11. The van der Waals surface area contributed by atoms with Gasteiger partial charge in [-0.3, -0.25) is 4.21 Å². The Balaban J connectivity index is 1.77. The van der Waals surface area contributed by atoms with Crippen LogP contribution in [-0.4, -0.2) is 14.0 Å². The van der Waals surface area contributed by atoms with Crippen molar-refractivity contribution in [2.24, 2.45) is 0 Å². The van der Waals surface area contributed by atoms with Crippen molar-refractivity contribution in [3.63, 3.8) is 0 Å². The van der Waals surface area contributed by atoms with Crippen molar-refractivity contribution in [1.82, 2.24) is 9.78 Å². The number of aromatic nitrogens is 2. The Morgan fingerprint density at radius 3 is 2.68 bits per heavy atom. The molecule has 0 radical (unpaired) electrons. The van der Waals surface area contributed by atoms with Crippen molar-refractivity contribution in [2.75, 3.05) is 0 Å². The normalized spacial score (nSPS) is 12.4. The van der Waals surface area contributed by atoms with Crippen LogP contribution in [0.15, 0.2) is 64.3 Å². The topological polar surface area (TPSA) is 34.9 Å². The van der Waals surface area contributed by atoms with Crippen LogP contribution in [0.1, 0.15) is 5.69 Å². The molecule has 0 amide bonds. The Morgan fingerprint density at radius 1 is 1.11 bits per heavy atom. The maximum Gasteiger partial charge on any atom is 0.0914 e. The molecular weight excluding hydrogens is 276 g/mol. The summed E-state index contributed by atoms with van der Waals surface area (Å²) in [6.07, 6.45) is 1.90. The van der Waals surface area contributed by atoms with Crippen molar-refractivity contribution in [3.05, 3.63) is 65.8 Å². The molecule has 0 bridgehead atoms. The number of benzene rings is 1. The van der Waals surface area contributed by atoms with E-state index in [9.17, 15) is 4.21 Å². The highest BCUT2D eigenvalue weighted by molar-refractivity contribution is 7.86. The highest BCUT2D eigenvalue weighted by atomic mass is 32.2. The minimum absolute atomic E-state index is 0.459. The predicted octanol–water partition coefficient (Wildman–Crippen LogP) is 3.24. The predicted molar refractivity (Wildman–Crippen MR) is 78.0 cm³/mol. The Bertz CT molecular complexity index is 675. The fraction of sp³-hybridized carbons (Fsp3) is 0.0714. The lowest BCUT2D eigenvalue weighted by Crippen LogP contribution is -1.98. The molecule has 19 heavy (non-hydrogen) atoms. The van der Waals surface area contributed by atoms with Gasteiger partial charge in [0, 0.05) is 6.20 Å². The second-order valence-electron chi connectivity index (χ2n) is 4.01. The second-order valence-corrected chi connectivity index (χ2v) is 6.63. The summed E-state index contributed by atoms with van der Waals surface area (Å²) in [6.45, 7) is 0. The molecule has 0 N–H and O–H groups in total. The molecule has 3 rings (SSSR count). The molecule has 3 nitrogen and oxygen atoms in total.